The van der Waals surface area contributed by atoms with Gasteiger partial charge in [0.1, 0.15) is 5.75 Å². The van der Waals surface area contributed by atoms with Crippen molar-refractivity contribution in [1.82, 2.24) is 14.7 Å². The minimum atomic E-state index is -0.435. The van der Waals surface area contributed by atoms with Crippen molar-refractivity contribution in [3.63, 3.8) is 0 Å². The van der Waals surface area contributed by atoms with Gasteiger partial charge in [-0.1, -0.05) is 54.9 Å². The molecule has 0 aliphatic carbocycles. The third-order valence-electron chi connectivity index (χ3n) is 8.70. The number of aromatic hydroxyl groups is 1. The van der Waals surface area contributed by atoms with Gasteiger partial charge in [-0.15, -0.1) is 24.2 Å². The van der Waals surface area contributed by atoms with Crippen LogP contribution in [0.2, 0.25) is 5.02 Å². The molecule has 6 nitrogen and oxygen atoms in total. The highest BCUT2D eigenvalue weighted by atomic mass is 35.5. The van der Waals surface area contributed by atoms with Gasteiger partial charge in [-0.25, -0.2) is 0 Å². The zero-order valence-electron chi connectivity index (χ0n) is 25.0. The molecule has 0 saturated carbocycles. The number of nitrogens with zero attached hydrogens (tertiary/aromatic N) is 3. The Labute approximate surface area is 272 Å². The first-order chi connectivity index (χ1) is 20.4. The van der Waals surface area contributed by atoms with Crippen molar-refractivity contribution < 1.29 is 9.90 Å². The molecule has 3 N–H and O–H groups in total. The van der Waals surface area contributed by atoms with Crippen LogP contribution in [0.1, 0.15) is 30.9 Å². The highest BCUT2D eigenvalue weighted by molar-refractivity contribution is 7.99. The van der Waals surface area contributed by atoms with E-state index < -0.39 is 6.04 Å². The van der Waals surface area contributed by atoms with Gasteiger partial charge in [-0.2, -0.15) is 0 Å². The van der Waals surface area contributed by atoms with E-state index in [-0.39, 0.29) is 24.2 Å². The predicted molar refractivity (Wildman–Crippen MR) is 181 cm³/mol. The van der Waals surface area contributed by atoms with Crippen LogP contribution in [0, 0.1) is 5.92 Å². The average Bonchev–Trinajstić information content (AvgIpc) is 3.02. The second kappa shape index (κ2) is 16.2. The van der Waals surface area contributed by atoms with Gasteiger partial charge in [0.05, 0.1) is 6.04 Å². The number of piperidine rings is 1. The second-order valence-electron chi connectivity index (χ2n) is 11.4. The number of thioether (sulfide) groups is 1. The summed E-state index contributed by atoms with van der Waals surface area (Å²) in [6, 6.07) is 21.9. The lowest BCUT2D eigenvalue weighted by molar-refractivity contribution is -0.136. The molecule has 43 heavy (non-hydrogen) atoms. The van der Waals surface area contributed by atoms with Crippen LogP contribution in [-0.2, 0) is 17.8 Å². The van der Waals surface area contributed by atoms with E-state index in [9.17, 15) is 9.90 Å². The lowest BCUT2D eigenvalue weighted by atomic mass is 9.88. The van der Waals surface area contributed by atoms with Gasteiger partial charge < -0.3 is 20.6 Å². The smallest absolute Gasteiger partial charge is 0.239 e. The molecule has 9 heteroatoms. The highest BCUT2D eigenvalue weighted by Gasteiger charge is 2.32. The SMILES string of the molecule is CCSc1ccc(O)cc1CN1CCN(C(=O)C(N)C2CCN(CCc3cc(Cl)ccc3-c3ccccc3)CC2)CC1.Cl. The Balaban J connectivity index is 0.00000423. The first kappa shape index (κ1) is 33.6. The van der Waals surface area contributed by atoms with Crippen LogP contribution in [-0.4, -0.2) is 83.3 Å². The minimum Gasteiger partial charge on any atom is -0.508 e. The normalized spacial score (nSPS) is 17.4. The van der Waals surface area contributed by atoms with Crippen LogP contribution in [0.4, 0.5) is 0 Å². The monoisotopic (exact) mass is 642 g/mol. The molecule has 3 aromatic rings. The maximum atomic E-state index is 13.4. The highest BCUT2D eigenvalue weighted by Crippen LogP contribution is 2.29. The Hall–Kier alpha value is -2.26. The minimum absolute atomic E-state index is 0. The van der Waals surface area contributed by atoms with E-state index in [0.717, 1.165) is 74.9 Å². The van der Waals surface area contributed by atoms with Crippen LogP contribution >= 0.6 is 35.8 Å². The van der Waals surface area contributed by atoms with E-state index in [2.05, 4.69) is 53.1 Å². The zero-order chi connectivity index (χ0) is 29.5. The van der Waals surface area contributed by atoms with Gasteiger partial charge >= 0.3 is 0 Å². The van der Waals surface area contributed by atoms with Crippen molar-refractivity contribution in [1.29, 1.82) is 0 Å². The van der Waals surface area contributed by atoms with Crippen molar-refractivity contribution in [3.8, 4) is 16.9 Å². The fraction of sp³-hybridized carbons (Fsp3) is 0.441. The van der Waals surface area contributed by atoms with E-state index in [1.807, 2.05) is 29.2 Å². The summed E-state index contributed by atoms with van der Waals surface area (Å²) >= 11 is 8.16. The number of benzene rings is 3. The molecule has 5 rings (SSSR count). The van der Waals surface area contributed by atoms with Crippen molar-refractivity contribution in [2.75, 3.05) is 51.6 Å². The molecule has 3 aromatic carbocycles. The summed E-state index contributed by atoms with van der Waals surface area (Å²) < 4.78 is 0. The maximum Gasteiger partial charge on any atom is 0.239 e. The van der Waals surface area contributed by atoms with E-state index in [4.69, 9.17) is 17.3 Å². The summed E-state index contributed by atoms with van der Waals surface area (Å²) in [5.41, 5.74) is 11.5. The third kappa shape index (κ3) is 8.90. The third-order valence-corrected chi connectivity index (χ3v) is 9.93. The topological polar surface area (TPSA) is 73.0 Å². The predicted octanol–water partition coefficient (Wildman–Crippen LogP) is 6.17. The summed E-state index contributed by atoms with van der Waals surface area (Å²) in [4.78, 5) is 21.4. The summed E-state index contributed by atoms with van der Waals surface area (Å²) in [6.07, 6.45) is 2.83. The number of likely N-dealkylation sites (tertiary alicyclic amines) is 1. The molecule has 2 heterocycles. The lowest BCUT2D eigenvalue weighted by Gasteiger charge is -2.39. The quantitative estimate of drug-likeness (QED) is 0.258. The van der Waals surface area contributed by atoms with Gasteiger partial charge in [0.15, 0.2) is 0 Å². The second-order valence-corrected chi connectivity index (χ2v) is 13.2. The number of phenolic OH excluding ortho intramolecular Hbond substituents is 1. The summed E-state index contributed by atoms with van der Waals surface area (Å²) in [5, 5.41) is 10.8. The van der Waals surface area contributed by atoms with E-state index in [1.165, 1.54) is 21.6 Å². The molecule has 0 bridgehead atoms. The first-order valence-electron chi connectivity index (χ1n) is 15.2. The Morgan fingerprint density at radius 2 is 1.67 bits per heavy atom. The number of nitrogens with two attached hydrogens (primary N) is 1. The molecule has 0 radical (unpaired) electrons. The number of halogens is 2. The van der Waals surface area contributed by atoms with E-state index in [0.29, 0.717) is 18.8 Å². The molecule has 2 fully saturated rings. The Kier molecular flexibility index (Phi) is 12.6. The molecule has 0 aromatic heterocycles. The fourth-order valence-electron chi connectivity index (χ4n) is 6.25. The molecule has 2 saturated heterocycles. The number of phenols is 1. The number of piperazine rings is 1. The van der Waals surface area contributed by atoms with E-state index in [1.54, 1.807) is 17.8 Å². The number of hydrogen-bond acceptors (Lipinski definition) is 6. The molecule has 1 unspecified atom stereocenters. The van der Waals surface area contributed by atoms with Crippen LogP contribution in [0.25, 0.3) is 11.1 Å². The molecule has 232 valence electrons. The summed E-state index contributed by atoms with van der Waals surface area (Å²) in [7, 11) is 0. The number of carbonyl (C=O) groups excluding carboxylic acids is 1. The molecule has 1 atom stereocenters. The summed E-state index contributed by atoms with van der Waals surface area (Å²) in [6.45, 7) is 8.84. The van der Waals surface area contributed by atoms with Gasteiger partial charge in [-0.05, 0) is 96.6 Å². The molecular weight excluding hydrogens is 599 g/mol. The number of rotatable bonds is 10. The Bertz CT molecular complexity index is 1330. The Morgan fingerprint density at radius 1 is 0.953 bits per heavy atom. The molecule has 0 spiro atoms. The lowest BCUT2D eigenvalue weighted by Crippen LogP contribution is -2.55. The van der Waals surface area contributed by atoms with E-state index >= 15 is 0 Å². The van der Waals surface area contributed by atoms with Crippen molar-refractivity contribution >= 4 is 41.7 Å². The molecule has 2 aliphatic rings. The Morgan fingerprint density at radius 3 is 2.37 bits per heavy atom. The molecular formula is C34H44Cl2N4O2S. The number of hydrogen-bond donors (Lipinski definition) is 2. The standard InChI is InChI=1S/C34H43ClN4O2S.ClH/c1-2-42-32-11-9-30(40)23-28(32)24-38-18-20-39(21-19-38)34(41)33(36)26-12-15-37(16-13-26)17-14-27-22-29(35)8-10-31(27)25-6-4-3-5-7-25;/h3-11,22-23,26,33,40H,2,12-21,24,36H2,1H3;1H. The van der Waals surface area contributed by atoms with Crippen molar-refractivity contribution in [2.45, 2.75) is 43.7 Å². The van der Waals surface area contributed by atoms with Gasteiger partial charge in [0, 0.05) is 49.2 Å². The molecule has 2 aliphatic heterocycles. The van der Waals surface area contributed by atoms with Gasteiger partial charge in [0.25, 0.3) is 0 Å². The van der Waals surface area contributed by atoms with Crippen molar-refractivity contribution in [2.24, 2.45) is 11.7 Å². The van der Waals surface area contributed by atoms with Crippen LogP contribution in [0.15, 0.2) is 71.6 Å². The number of amides is 1. The largest absolute Gasteiger partial charge is 0.508 e. The maximum absolute atomic E-state index is 13.4. The van der Waals surface area contributed by atoms with Gasteiger partial charge in [0.2, 0.25) is 5.91 Å². The van der Waals surface area contributed by atoms with Crippen LogP contribution < -0.4 is 5.73 Å². The van der Waals surface area contributed by atoms with Crippen LogP contribution in [0.3, 0.4) is 0 Å². The number of carbonyl (C=O) groups is 1. The van der Waals surface area contributed by atoms with Gasteiger partial charge in [-0.3, -0.25) is 9.69 Å². The van der Waals surface area contributed by atoms with Crippen LogP contribution in [0.5, 0.6) is 5.75 Å². The zero-order valence-corrected chi connectivity index (χ0v) is 27.3. The fourth-order valence-corrected chi connectivity index (χ4v) is 7.23. The first-order valence-corrected chi connectivity index (χ1v) is 16.5. The average molecular weight is 644 g/mol. The summed E-state index contributed by atoms with van der Waals surface area (Å²) in [5.74, 6) is 1.61. The van der Waals surface area contributed by atoms with Crippen molar-refractivity contribution in [3.05, 3.63) is 82.9 Å². The molecule has 1 amide bonds.